The highest BCUT2D eigenvalue weighted by Crippen LogP contribution is 2.28. The van der Waals surface area contributed by atoms with Gasteiger partial charge in [0.15, 0.2) is 5.76 Å². The second kappa shape index (κ2) is 8.27. The fraction of sp³-hybridized carbons (Fsp3) is 0.0417. The van der Waals surface area contributed by atoms with E-state index in [2.05, 4.69) is 20.4 Å². The average molecular weight is 423 g/mol. The summed E-state index contributed by atoms with van der Waals surface area (Å²) in [6.07, 6.45) is 1.71. The van der Waals surface area contributed by atoms with Gasteiger partial charge >= 0.3 is 5.97 Å². The summed E-state index contributed by atoms with van der Waals surface area (Å²) in [5.41, 5.74) is 3.67. The van der Waals surface area contributed by atoms with Crippen molar-refractivity contribution in [3.05, 3.63) is 96.2 Å². The SMILES string of the molecule is O=C(O)c1ccc(Cn2nnc(-c3cccc(-c4ncc(-c5ccccc5)o4)c3)n2)cc1. The highest BCUT2D eigenvalue weighted by molar-refractivity contribution is 5.87. The van der Waals surface area contributed by atoms with Gasteiger partial charge in [-0.3, -0.25) is 0 Å². The largest absolute Gasteiger partial charge is 0.478 e. The van der Waals surface area contributed by atoms with Gasteiger partial charge in [0.25, 0.3) is 0 Å². The first kappa shape index (κ1) is 19.4. The van der Waals surface area contributed by atoms with Crippen molar-refractivity contribution in [2.45, 2.75) is 6.54 Å². The molecule has 0 amide bonds. The van der Waals surface area contributed by atoms with Crippen LogP contribution in [0.4, 0.5) is 0 Å². The zero-order valence-electron chi connectivity index (χ0n) is 16.8. The second-order valence-corrected chi connectivity index (χ2v) is 7.12. The van der Waals surface area contributed by atoms with Crippen LogP contribution in [0.15, 0.2) is 89.5 Å². The van der Waals surface area contributed by atoms with Crippen LogP contribution in [0.5, 0.6) is 0 Å². The average Bonchev–Trinajstić information content (AvgIpc) is 3.50. The highest BCUT2D eigenvalue weighted by atomic mass is 16.4. The first-order chi connectivity index (χ1) is 15.7. The number of benzene rings is 3. The van der Waals surface area contributed by atoms with Crippen molar-refractivity contribution in [3.8, 4) is 34.2 Å². The number of aromatic carboxylic acids is 1. The summed E-state index contributed by atoms with van der Waals surface area (Å²) in [7, 11) is 0. The Morgan fingerprint density at radius 2 is 1.66 bits per heavy atom. The van der Waals surface area contributed by atoms with Crippen LogP contribution in [-0.4, -0.2) is 36.3 Å². The molecule has 3 aromatic carbocycles. The molecular formula is C24H17N5O3. The molecule has 0 radical (unpaired) electrons. The number of oxazole rings is 1. The topological polar surface area (TPSA) is 107 Å². The molecule has 1 N–H and O–H groups in total. The van der Waals surface area contributed by atoms with Crippen LogP contribution < -0.4 is 0 Å². The van der Waals surface area contributed by atoms with Gasteiger partial charge in [-0.15, -0.1) is 10.2 Å². The lowest BCUT2D eigenvalue weighted by molar-refractivity contribution is 0.0697. The van der Waals surface area contributed by atoms with Crippen molar-refractivity contribution >= 4 is 5.97 Å². The van der Waals surface area contributed by atoms with Crippen LogP contribution in [0.2, 0.25) is 0 Å². The summed E-state index contributed by atoms with van der Waals surface area (Å²) < 4.78 is 5.94. The summed E-state index contributed by atoms with van der Waals surface area (Å²) in [6, 6.07) is 24.0. The van der Waals surface area contributed by atoms with E-state index < -0.39 is 5.97 Å². The van der Waals surface area contributed by atoms with Gasteiger partial charge < -0.3 is 9.52 Å². The maximum Gasteiger partial charge on any atom is 0.335 e. The standard InChI is InChI=1S/C24H17N5O3/c30-24(31)18-11-9-16(10-12-18)15-29-27-22(26-28-29)19-7-4-8-20(13-19)23-25-14-21(32-23)17-5-2-1-3-6-17/h1-14H,15H2,(H,30,31). The smallest absolute Gasteiger partial charge is 0.335 e. The zero-order chi connectivity index (χ0) is 21.9. The fourth-order valence-corrected chi connectivity index (χ4v) is 3.28. The van der Waals surface area contributed by atoms with Crippen molar-refractivity contribution < 1.29 is 14.3 Å². The highest BCUT2D eigenvalue weighted by Gasteiger charge is 2.12. The molecule has 0 atom stereocenters. The quantitative estimate of drug-likeness (QED) is 0.431. The van der Waals surface area contributed by atoms with E-state index in [-0.39, 0.29) is 5.56 Å². The number of hydrogen-bond donors (Lipinski definition) is 1. The van der Waals surface area contributed by atoms with Gasteiger partial charge in [0.1, 0.15) is 0 Å². The van der Waals surface area contributed by atoms with Crippen LogP contribution >= 0.6 is 0 Å². The molecule has 0 bridgehead atoms. The Hall–Kier alpha value is -4.59. The van der Waals surface area contributed by atoms with Gasteiger partial charge in [-0.05, 0) is 35.0 Å². The number of carboxylic acids is 1. The lowest BCUT2D eigenvalue weighted by atomic mass is 10.1. The molecule has 0 saturated heterocycles. The lowest BCUT2D eigenvalue weighted by Gasteiger charge is -2.01. The van der Waals surface area contributed by atoms with Crippen molar-refractivity contribution in [2.75, 3.05) is 0 Å². The summed E-state index contributed by atoms with van der Waals surface area (Å²) >= 11 is 0. The summed E-state index contributed by atoms with van der Waals surface area (Å²) in [4.78, 5) is 16.9. The number of hydrogen-bond acceptors (Lipinski definition) is 6. The number of tetrazole rings is 1. The van der Waals surface area contributed by atoms with E-state index in [1.54, 1.807) is 30.5 Å². The molecule has 2 aromatic heterocycles. The van der Waals surface area contributed by atoms with E-state index in [1.165, 1.54) is 4.80 Å². The third-order valence-corrected chi connectivity index (χ3v) is 4.91. The summed E-state index contributed by atoms with van der Waals surface area (Å²) in [6.45, 7) is 0.382. The van der Waals surface area contributed by atoms with Crippen LogP contribution in [0.3, 0.4) is 0 Å². The third kappa shape index (κ3) is 4.01. The Bertz CT molecular complexity index is 1370. The Kier molecular flexibility index (Phi) is 5.01. The molecule has 0 aliphatic rings. The van der Waals surface area contributed by atoms with Gasteiger partial charge in [-0.25, -0.2) is 9.78 Å². The molecule has 32 heavy (non-hydrogen) atoms. The van der Waals surface area contributed by atoms with E-state index in [0.29, 0.717) is 24.0 Å². The second-order valence-electron chi connectivity index (χ2n) is 7.12. The number of aromatic nitrogens is 5. The van der Waals surface area contributed by atoms with Gasteiger partial charge in [0.2, 0.25) is 11.7 Å². The molecule has 0 aliphatic carbocycles. The van der Waals surface area contributed by atoms with Gasteiger partial charge in [-0.1, -0.05) is 54.6 Å². The molecule has 156 valence electrons. The molecule has 0 aliphatic heterocycles. The molecule has 8 nitrogen and oxygen atoms in total. The Labute approximate surface area is 182 Å². The predicted molar refractivity (Wildman–Crippen MR) is 117 cm³/mol. The van der Waals surface area contributed by atoms with Crippen molar-refractivity contribution in [3.63, 3.8) is 0 Å². The minimum Gasteiger partial charge on any atom is -0.478 e. The minimum atomic E-state index is -0.959. The molecule has 8 heteroatoms. The van der Waals surface area contributed by atoms with Gasteiger partial charge in [0, 0.05) is 16.7 Å². The Balaban J connectivity index is 1.36. The minimum absolute atomic E-state index is 0.236. The molecule has 5 aromatic rings. The first-order valence-corrected chi connectivity index (χ1v) is 9.88. The van der Waals surface area contributed by atoms with Crippen molar-refractivity contribution in [2.24, 2.45) is 0 Å². The first-order valence-electron chi connectivity index (χ1n) is 9.88. The molecule has 2 heterocycles. The van der Waals surface area contributed by atoms with Crippen molar-refractivity contribution in [1.29, 1.82) is 0 Å². The maximum absolute atomic E-state index is 11.0. The van der Waals surface area contributed by atoms with E-state index in [9.17, 15) is 4.79 Å². The van der Waals surface area contributed by atoms with Crippen LogP contribution in [0, 0.1) is 0 Å². The van der Waals surface area contributed by atoms with E-state index in [0.717, 1.165) is 22.3 Å². The molecule has 0 unspecified atom stereocenters. The normalized spacial score (nSPS) is 10.9. The number of carboxylic acid groups (broad SMARTS) is 1. The summed E-state index contributed by atoms with van der Waals surface area (Å²) in [5, 5.41) is 21.7. The summed E-state index contributed by atoms with van der Waals surface area (Å²) in [5.74, 6) is 0.726. The van der Waals surface area contributed by atoms with Crippen molar-refractivity contribution in [1.82, 2.24) is 25.2 Å². The third-order valence-electron chi connectivity index (χ3n) is 4.91. The zero-order valence-corrected chi connectivity index (χ0v) is 16.8. The fourth-order valence-electron chi connectivity index (χ4n) is 3.28. The van der Waals surface area contributed by atoms with Gasteiger partial charge in [-0.2, -0.15) is 4.80 Å². The number of carbonyl (C=O) groups is 1. The Morgan fingerprint density at radius 3 is 2.44 bits per heavy atom. The van der Waals surface area contributed by atoms with Crippen LogP contribution in [0.1, 0.15) is 15.9 Å². The van der Waals surface area contributed by atoms with Crippen LogP contribution in [0.25, 0.3) is 34.2 Å². The molecule has 5 rings (SSSR count). The van der Waals surface area contributed by atoms with E-state index >= 15 is 0 Å². The molecular weight excluding hydrogens is 406 g/mol. The predicted octanol–water partition coefficient (Wildman–Crippen LogP) is 4.41. The van der Waals surface area contributed by atoms with Gasteiger partial charge in [0.05, 0.1) is 18.3 Å². The van der Waals surface area contributed by atoms with E-state index in [1.807, 2.05) is 54.6 Å². The number of rotatable bonds is 6. The molecule has 0 spiro atoms. The van der Waals surface area contributed by atoms with E-state index in [4.69, 9.17) is 9.52 Å². The molecule has 0 saturated carbocycles. The maximum atomic E-state index is 11.0. The Morgan fingerprint density at radius 1 is 0.906 bits per heavy atom. The van der Waals surface area contributed by atoms with Crippen LogP contribution in [-0.2, 0) is 6.54 Å². The molecule has 0 fully saturated rings. The lowest BCUT2D eigenvalue weighted by Crippen LogP contribution is -2.04. The monoisotopic (exact) mass is 423 g/mol. The number of nitrogens with zero attached hydrogens (tertiary/aromatic N) is 5.